The van der Waals surface area contributed by atoms with Crippen molar-refractivity contribution in [2.24, 2.45) is 0 Å². The number of ether oxygens (including phenoxy) is 1. The number of benzene rings is 2. The van der Waals surface area contributed by atoms with Gasteiger partial charge in [0, 0.05) is 6.08 Å². The smallest absolute Gasteiger partial charge is 0.328 e. The molecule has 4 heteroatoms. The third-order valence-corrected chi connectivity index (χ3v) is 2.62. The van der Waals surface area contributed by atoms with Gasteiger partial charge in [0.15, 0.2) is 0 Å². The molecule has 0 saturated carbocycles. The number of carboxylic acid groups (broad SMARTS) is 1. The molecule has 102 valence electrons. The Morgan fingerprint density at radius 3 is 2.35 bits per heavy atom. The summed E-state index contributed by atoms with van der Waals surface area (Å²) in [5.41, 5.74) is 1.66. The summed E-state index contributed by atoms with van der Waals surface area (Å²) < 4.78 is 18.3. The van der Waals surface area contributed by atoms with Gasteiger partial charge in [-0.2, -0.15) is 0 Å². The van der Waals surface area contributed by atoms with Crippen LogP contribution in [0.5, 0.6) is 5.75 Å². The van der Waals surface area contributed by atoms with Gasteiger partial charge in [-0.3, -0.25) is 0 Å². The maximum absolute atomic E-state index is 12.7. The van der Waals surface area contributed by atoms with Crippen LogP contribution in [-0.4, -0.2) is 11.1 Å². The van der Waals surface area contributed by atoms with E-state index in [1.807, 2.05) is 0 Å². The normalized spacial score (nSPS) is 10.7. The zero-order valence-corrected chi connectivity index (χ0v) is 10.6. The molecule has 3 nitrogen and oxygen atoms in total. The van der Waals surface area contributed by atoms with Crippen LogP contribution in [0.2, 0.25) is 0 Å². The molecule has 0 fully saturated rings. The Labute approximate surface area is 115 Å². The van der Waals surface area contributed by atoms with E-state index >= 15 is 0 Å². The lowest BCUT2D eigenvalue weighted by Gasteiger charge is -2.06. The summed E-state index contributed by atoms with van der Waals surface area (Å²) >= 11 is 0. The number of rotatable bonds is 5. The van der Waals surface area contributed by atoms with Crippen LogP contribution in [0.25, 0.3) is 6.08 Å². The molecule has 0 aliphatic heterocycles. The second kappa shape index (κ2) is 6.52. The van der Waals surface area contributed by atoms with Crippen LogP contribution in [0.4, 0.5) is 4.39 Å². The fraction of sp³-hybridized carbons (Fsp3) is 0.0625. The monoisotopic (exact) mass is 272 g/mol. The summed E-state index contributed by atoms with van der Waals surface area (Å²) in [7, 11) is 0. The van der Waals surface area contributed by atoms with Crippen molar-refractivity contribution in [3.8, 4) is 5.75 Å². The van der Waals surface area contributed by atoms with Crippen LogP contribution in [0.15, 0.2) is 54.6 Å². The molecule has 0 aliphatic carbocycles. The Balaban J connectivity index is 1.93. The standard InChI is InChI=1S/C16H13FO3/c17-14-6-1-13(2-7-14)11-20-15-8-3-12(4-9-15)5-10-16(18)19/h1-10H,11H2,(H,18,19)/b10-5+. The Hall–Kier alpha value is -2.62. The van der Waals surface area contributed by atoms with Crippen molar-refractivity contribution in [3.05, 3.63) is 71.6 Å². The minimum absolute atomic E-state index is 0.275. The fourth-order valence-corrected chi connectivity index (χ4v) is 1.59. The maximum Gasteiger partial charge on any atom is 0.328 e. The van der Waals surface area contributed by atoms with Gasteiger partial charge in [-0.15, -0.1) is 0 Å². The molecule has 0 amide bonds. The third-order valence-electron chi connectivity index (χ3n) is 2.62. The predicted molar refractivity (Wildman–Crippen MR) is 73.8 cm³/mol. The molecule has 0 unspecified atom stereocenters. The van der Waals surface area contributed by atoms with Crippen molar-refractivity contribution < 1.29 is 19.0 Å². The van der Waals surface area contributed by atoms with Crippen molar-refractivity contribution in [3.63, 3.8) is 0 Å². The number of hydrogen-bond acceptors (Lipinski definition) is 2. The largest absolute Gasteiger partial charge is 0.489 e. The highest BCUT2D eigenvalue weighted by molar-refractivity contribution is 5.85. The van der Waals surface area contributed by atoms with Crippen molar-refractivity contribution in [1.82, 2.24) is 0 Å². The molecule has 0 radical (unpaired) electrons. The average Bonchev–Trinajstić information content (AvgIpc) is 2.45. The molecule has 2 aromatic carbocycles. The Bertz CT molecular complexity index is 601. The van der Waals surface area contributed by atoms with Gasteiger partial charge < -0.3 is 9.84 Å². The minimum atomic E-state index is -0.985. The molecule has 0 aliphatic rings. The molecule has 0 atom stereocenters. The van der Waals surface area contributed by atoms with Gasteiger partial charge in [0.25, 0.3) is 0 Å². The lowest BCUT2D eigenvalue weighted by atomic mass is 10.2. The molecule has 2 rings (SSSR count). The van der Waals surface area contributed by atoms with E-state index in [1.165, 1.54) is 18.2 Å². The quantitative estimate of drug-likeness (QED) is 0.847. The predicted octanol–water partition coefficient (Wildman–Crippen LogP) is 3.50. The van der Waals surface area contributed by atoms with Gasteiger partial charge in [-0.1, -0.05) is 24.3 Å². The molecule has 0 spiro atoms. The molecule has 2 aromatic rings. The second-order valence-corrected chi connectivity index (χ2v) is 4.16. The van der Waals surface area contributed by atoms with Crippen molar-refractivity contribution in [2.75, 3.05) is 0 Å². The number of aliphatic carboxylic acids is 1. The lowest BCUT2D eigenvalue weighted by Crippen LogP contribution is -1.95. The zero-order chi connectivity index (χ0) is 14.4. The molecule has 20 heavy (non-hydrogen) atoms. The zero-order valence-electron chi connectivity index (χ0n) is 10.6. The second-order valence-electron chi connectivity index (χ2n) is 4.16. The van der Waals surface area contributed by atoms with E-state index in [2.05, 4.69) is 0 Å². The Morgan fingerprint density at radius 1 is 1.10 bits per heavy atom. The van der Waals surface area contributed by atoms with Gasteiger partial charge in [0.1, 0.15) is 18.2 Å². The van der Waals surface area contributed by atoms with E-state index in [9.17, 15) is 9.18 Å². The Kier molecular flexibility index (Phi) is 4.50. The van der Waals surface area contributed by atoms with Crippen LogP contribution in [0.1, 0.15) is 11.1 Å². The van der Waals surface area contributed by atoms with Crippen LogP contribution in [0.3, 0.4) is 0 Å². The first kappa shape index (κ1) is 13.8. The number of hydrogen-bond donors (Lipinski definition) is 1. The van der Waals surface area contributed by atoms with E-state index in [-0.39, 0.29) is 5.82 Å². The summed E-state index contributed by atoms with van der Waals surface area (Å²) in [6, 6.07) is 13.1. The Morgan fingerprint density at radius 2 is 1.75 bits per heavy atom. The van der Waals surface area contributed by atoms with Crippen molar-refractivity contribution in [2.45, 2.75) is 6.61 Å². The topological polar surface area (TPSA) is 46.5 Å². The van der Waals surface area contributed by atoms with Crippen LogP contribution >= 0.6 is 0 Å². The molecule has 0 bridgehead atoms. The molecular weight excluding hydrogens is 259 g/mol. The van der Waals surface area contributed by atoms with Crippen LogP contribution in [0, 0.1) is 5.82 Å². The first-order valence-electron chi connectivity index (χ1n) is 6.02. The lowest BCUT2D eigenvalue weighted by molar-refractivity contribution is -0.131. The van der Waals surface area contributed by atoms with E-state index in [4.69, 9.17) is 9.84 Å². The van der Waals surface area contributed by atoms with Crippen LogP contribution in [-0.2, 0) is 11.4 Å². The van der Waals surface area contributed by atoms with E-state index in [0.717, 1.165) is 17.2 Å². The minimum Gasteiger partial charge on any atom is -0.489 e. The molecule has 0 aromatic heterocycles. The average molecular weight is 272 g/mol. The molecule has 0 heterocycles. The van der Waals surface area contributed by atoms with E-state index < -0.39 is 5.97 Å². The first-order chi connectivity index (χ1) is 9.63. The highest BCUT2D eigenvalue weighted by Crippen LogP contribution is 2.15. The van der Waals surface area contributed by atoms with Gasteiger partial charge in [0.05, 0.1) is 0 Å². The summed E-state index contributed by atoms with van der Waals surface area (Å²) in [5, 5.41) is 8.52. The molecule has 1 N–H and O–H groups in total. The number of halogens is 1. The summed E-state index contributed by atoms with van der Waals surface area (Å²) in [5.74, 6) is -0.591. The van der Waals surface area contributed by atoms with Gasteiger partial charge in [-0.25, -0.2) is 9.18 Å². The number of carbonyl (C=O) groups is 1. The maximum atomic E-state index is 12.7. The van der Waals surface area contributed by atoms with Gasteiger partial charge >= 0.3 is 5.97 Å². The van der Waals surface area contributed by atoms with Crippen molar-refractivity contribution in [1.29, 1.82) is 0 Å². The summed E-state index contributed by atoms with van der Waals surface area (Å²) in [6.45, 7) is 0.352. The van der Waals surface area contributed by atoms with Gasteiger partial charge in [-0.05, 0) is 41.5 Å². The van der Waals surface area contributed by atoms with E-state index in [1.54, 1.807) is 36.4 Å². The van der Waals surface area contributed by atoms with Crippen LogP contribution < -0.4 is 4.74 Å². The first-order valence-corrected chi connectivity index (χ1v) is 6.02. The fourth-order valence-electron chi connectivity index (χ4n) is 1.59. The molecular formula is C16H13FO3. The highest BCUT2D eigenvalue weighted by atomic mass is 19.1. The molecule has 0 saturated heterocycles. The van der Waals surface area contributed by atoms with Crippen molar-refractivity contribution >= 4 is 12.0 Å². The van der Waals surface area contributed by atoms with Gasteiger partial charge in [0.2, 0.25) is 0 Å². The highest BCUT2D eigenvalue weighted by Gasteiger charge is 1.97. The van der Waals surface area contributed by atoms with E-state index in [0.29, 0.717) is 12.4 Å². The third kappa shape index (κ3) is 4.24. The summed E-state index contributed by atoms with van der Waals surface area (Å²) in [4.78, 5) is 10.4. The number of carboxylic acids is 1. The summed E-state index contributed by atoms with van der Waals surface area (Å²) in [6.07, 6.45) is 2.58. The SMILES string of the molecule is O=C(O)/C=C/c1ccc(OCc2ccc(F)cc2)cc1.